The largest absolute Gasteiger partial charge is 0.492 e. The zero-order valence-corrected chi connectivity index (χ0v) is 17.9. The number of carbonyl (C=O) groups is 1. The van der Waals surface area contributed by atoms with Crippen molar-refractivity contribution in [3.8, 4) is 5.75 Å². The molecular formula is C20H20F2N4O2S2. The average Bonchev–Trinajstić information content (AvgIpc) is 3.15. The van der Waals surface area contributed by atoms with Gasteiger partial charge in [-0.3, -0.25) is 4.79 Å². The summed E-state index contributed by atoms with van der Waals surface area (Å²) in [5.74, 6) is -0.830. The van der Waals surface area contributed by atoms with Crippen LogP contribution in [0.15, 0.2) is 46.8 Å². The van der Waals surface area contributed by atoms with Gasteiger partial charge in [0.1, 0.15) is 17.4 Å². The number of ether oxygens (including phenoxy) is 1. The van der Waals surface area contributed by atoms with Crippen molar-refractivity contribution in [1.82, 2.24) is 15.5 Å². The number of benzene rings is 2. The smallest absolute Gasteiger partial charge is 0.230 e. The molecule has 1 amide bonds. The molecule has 1 heterocycles. The number of thioether (sulfide) groups is 1. The van der Waals surface area contributed by atoms with E-state index in [1.807, 2.05) is 31.2 Å². The molecule has 2 aromatic carbocycles. The zero-order chi connectivity index (χ0) is 21.5. The summed E-state index contributed by atoms with van der Waals surface area (Å²) in [4.78, 5) is 12.2. The van der Waals surface area contributed by atoms with Crippen LogP contribution >= 0.6 is 23.1 Å². The number of halogens is 2. The Labute approximate surface area is 181 Å². The highest BCUT2D eigenvalue weighted by Gasteiger charge is 2.15. The van der Waals surface area contributed by atoms with Gasteiger partial charge in [-0.05, 0) is 32.0 Å². The van der Waals surface area contributed by atoms with Gasteiger partial charge in [0.2, 0.25) is 11.0 Å². The van der Waals surface area contributed by atoms with E-state index in [9.17, 15) is 13.6 Å². The maximum atomic E-state index is 13.8. The van der Waals surface area contributed by atoms with Crippen LogP contribution in [0.4, 0.5) is 19.6 Å². The topological polar surface area (TPSA) is 76.1 Å². The summed E-state index contributed by atoms with van der Waals surface area (Å²) in [7, 11) is 0. The second kappa shape index (κ2) is 10.4. The third kappa shape index (κ3) is 5.90. The summed E-state index contributed by atoms with van der Waals surface area (Å²) in [6.07, 6.45) is 0. The van der Waals surface area contributed by atoms with Crippen molar-refractivity contribution >= 4 is 39.8 Å². The number of carbonyl (C=O) groups excluding carboxylic acids is 1. The van der Waals surface area contributed by atoms with E-state index in [0.717, 1.165) is 17.8 Å². The third-order valence-corrected chi connectivity index (χ3v) is 5.94. The number of amides is 1. The van der Waals surface area contributed by atoms with Crippen molar-refractivity contribution in [1.29, 1.82) is 0 Å². The highest BCUT2D eigenvalue weighted by molar-refractivity contribution is 8.01. The first-order valence-electron chi connectivity index (χ1n) is 9.15. The van der Waals surface area contributed by atoms with E-state index in [1.165, 1.54) is 29.2 Å². The predicted octanol–water partition coefficient (Wildman–Crippen LogP) is 4.93. The van der Waals surface area contributed by atoms with Gasteiger partial charge in [-0.15, -0.1) is 10.2 Å². The maximum Gasteiger partial charge on any atom is 0.230 e. The number of aromatic nitrogens is 2. The van der Waals surface area contributed by atoms with Crippen LogP contribution in [0.3, 0.4) is 0 Å². The normalized spacial score (nSPS) is 11.7. The summed E-state index contributed by atoms with van der Waals surface area (Å²) < 4.78 is 33.0. The molecule has 0 aliphatic carbocycles. The summed E-state index contributed by atoms with van der Waals surface area (Å²) in [5.41, 5.74) is 1.00. The van der Waals surface area contributed by atoms with Gasteiger partial charge in [-0.2, -0.15) is 0 Å². The Bertz CT molecular complexity index is 1020. The van der Waals surface area contributed by atoms with Crippen LogP contribution in [0.5, 0.6) is 5.75 Å². The molecule has 3 aromatic rings. The van der Waals surface area contributed by atoms with Gasteiger partial charge < -0.3 is 15.4 Å². The van der Waals surface area contributed by atoms with Crippen LogP contribution in [0.25, 0.3) is 0 Å². The molecule has 158 valence electrons. The fraction of sp³-hybridized carbons (Fsp3) is 0.250. The van der Waals surface area contributed by atoms with E-state index in [2.05, 4.69) is 20.8 Å². The number of hydrogen-bond acceptors (Lipinski definition) is 7. The van der Waals surface area contributed by atoms with E-state index >= 15 is 0 Å². The van der Waals surface area contributed by atoms with Crippen molar-refractivity contribution in [3.63, 3.8) is 0 Å². The van der Waals surface area contributed by atoms with Crippen molar-refractivity contribution < 1.29 is 18.3 Å². The Balaban J connectivity index is 1.53. The minimum absolute atomic E-state index is 0.0946. The van der Waals surface area contributed by atoms with Crippen molar-refractivity contribution in [2.75, 3.05) is 17.7 Å². The first-order chi connectivity index (χ1) is 14.5. The van der Waals surface area contributed by atoms with Gasteiger partial charge in [0.05, 0.1) is 24.1 Å². The van der Waals surface area contributed by atoms with Crippen LogP contribution < -0.4 is 15.4 Å². The SMILES string of the molecule is CCOc1ccccc1Nc1nnc(SCC(=O)NC(C)c2ccc(F)cc2F)s1. The second-order valence-electron chi connectivity index (χ2n) is 6.17. The second-order valence-corrected chi connectivity index (χ2v) is 8.37. The fourth-order valence-electron chi connectivity index (χ4n) is 2.63. The van der Waals surface area contributed by atoms with Crippen LogP contribution in [0.1, 0.15) is 25.5 Å². The molecule has 1 aromatic heterocycles. The van der Waals surface area contributed by atoms with Gasteiger partial charge in [0, 0.05) is 11.6 Å². The highest BCUT2D eigenvalue weighted by Crippen LogP contribution is 2.31. The molecule has 0 aliphatic rings. The number of anilines is 2. The van der Waals surface area contributed by atoms with E-state index < -0.39 is 17.7 Å². The van der Waals surface area contributed by atoms with Crippen LogP contribution in [0.2, 0.25) is 0 Å². The molecule has 0 radical (unpaired) electrons. The lowest BCUT2D eigenvalue weighted by Crippen LogP contribution is -2.28. The molecule has 3 rings (SSSR count). The third-order valence-electron chi connectivity index (χ3n) is 3.97. The predicted molar refractivity (Wildman–Crippen MR) is 114 cm³/mol. The number of para-hydroxylation sites is 2. The van der Waals surface area contributed by atoms with E-state index in [1.54, 1.807) is 6.92 Å². The quantitative estimate of drug-likeness (QED) is 0.450. The Kier molecular flexibility index (Phi) is 7.58. The zero-order valence-electron chi connectivity index (χ0n) is 16.3. The molecular weight excluding hydrogens is 430 g/mol. The molecule has 0 saturated heterocycles. The summed E-state index contributed by atoms with van der Waals surface area (Å²) in [6, 6.07) is 10.2. The first kappa shape index (κ1) is 22.0. The summed E-state index contributed by atoms with van der Waals surface area (Å²) >= 11 is 2.53. The first-order valence-corrected chi connectivity index (χ1v) is 11.0. The van der Waals surface area contributed by atoms with Gasteiger partial charge in [-0.25, -0.2) is 8.78 Å². The van der Waals surface area contributed by atoms with Crippen LogP contribution in [-0.2, 0) is 4.79 Å². The van der Waals surface area contributed by atoms with Crippen LogP contribution in [-0.4, -0.2) is 28.5 Å². The lowest BCUT2D eigenvalue weighted by atomic mass is 10.1. The van der Waals surface area contributed by atoms with E-state index in [4.69, 9.17) is 4.74 Å². The molecule has 1 atom stereocenters. The van der Waals surface area contributed by atoms with Gasteiger partial charge in [0.15, 0.2) is 4.34 Å². The minimum Gasteiger partial charge on any atom is -0.492 e. The lowest BCUT2D eigenvalue weighted by molar-refractivity contribution is -0.119. The molecule has 2 N–H and O–H groups in total. The Morgan fingerprint density at radius 2 is 2.03 bits per heavy atom. The molecule has 0 spiro atoms. The van der Waals surface area contributed by atoms with Crippen molar-refractivity contribution in [3.05, 3.63) is 59.7 Å². The maximum absolute atomic E-state index is 13.8. The molecule has 1 unspecified atom stereocenters. The van der Waals surface area contributed by atoms with Crippen LogP contribution in [0, 0.1) is 11.6 Å². The molecule has 0 fully saturated rings. The Hall–Kier alpha value is -2.72. The monoisotopic (exact) mass is 450 g/mol. The molecule has 10 heteroatoms. The van der Waals surface area contributed by atoms with Gasteiger partial charge in [0.25, 0.3) is 0 Å². The van der Waals surface area contributed by atoms with Crippen molar-refractivity contribution in [2.24, 2.45) is 0 Å². The number of hydrogen-bond donors (Lipinski definition) is 2. The summed E-state index contributed by atoms with van der Waals surface area (Å²) in [6.45, 7) is 4.10. The van der Waals surface area contributed by atoms with E-state index in [-0.39, 0.29) is 17.2 Å². The molecule has 0 bridgehead atoms. The average molecular weight is 451 g/mol. The highest BCUT2D eigenvalue weighted by atomic mass is 32.2. The van der Waals surface area contributed by atoms with E-state index in [0.29, 0.717) is 21.8 Å². The Morgan fingerprint density at radius 3 is 2.80 bits per heavy atom. The molecule has 6 nitrogen and oxygen atoms in total. The van der Waals surface area contributed by atoms with Crippen molar-refractivity contribution in [2.45, 2.75) is 24.2 Å². The van der Waals surface area contributed by atoms with Gasteiger partial charge in [-0.1, -0.05) is 41.3 Å². The number of nitrogens with zero attached hydrogens (tertiary/aromatic N) is 2. The minimum atomic E-state index is -0.692. The fourth-order valence-corrected chi connectivity index (χ4v) is 4.20. The number of rotatable bonds is 9. The number of nitrogens with one attached hydrogen (secondary N) is 2. The molecule has 30 heavy (non-hydrogen) atoms. The Morgan fingerprint density at radius 1 is 1.23 bits per heavy atom. The molecule has 0 saturated carbocycles. The lowest BCUT2D eigenvalue weighted by Gasteiger charge is -2.14. The summed E-state index contributed by atoms with van der Waals surface area (Å²) in [5, 5.41) is 14.6. The van der Waals surface area contributed by atoms with Gasteiger partial charge >= 0.3 is 0 Å². The molecule has 0 aliphatic heterocycles. The standard InChI is InChI=1S/C20H20F2N4O2S2/c1-3-28-17-7-5-4-6-16(17)24-19-25-26-20(30-19)29-11-18(27)23-12(2)14-9-8-13(21)10-15(14)22/h4-10,12H,3,11H2,1-2H3,(H,23,27)(H,24,25).